The average molecular weight is 245 g/mol. The Bertz CT molecular complexity index is 404. The fourth-order valence-corrected chi connectivity index (χ4v) is 2.87. The van der Waals surface area contributed by atoms with Crippen LogP contribution in [0.4, 0.5) is 0 Å². The molecule has 0 radical (unpaired) electrons. The molecular weight excluding hydrogens is 236 g/mol. The number of hydrogen-bond acceptors (Lipinski definition) is 2. The smallest absolute Gasteiger partial charge is 0.124 e. The normalized spacial score (nSPS) is 11.3. The van der Waals surface area contributed by atoms with Crippen LogP contribution in [0.1, 0.15) is 10.7 Å². The summed E-state index contributed by atoms with van der Waals surface area (Å²) in [4.78, 5) is 5.69. The van der Waals surface area contributed by atoms with Crippen LogP contribution in [-0.4, -0.2) is 9.55 Å². The molecular formula is C8H9BrN2S. The second-order valence-corrected chi connectivity index (χ2v) is 4.82. The molecule has 0 bridgehead atoms. The molecule has 0 unspecified atom stereocenters. The van der Waals surface area contributed by atoms with Gasteiger partial charge in [-0.15, -0.1) is 11.3 Å². The first-order valence-corrected chi connectivity index (χ1v) is 5.30. The van der Waals surface area contributed by atoms with Crippen LogP contribution in [-0.2, 0) is 7.05 Å². The van der Waals surface area contributed by atoms with Gasteiger partial charge in [0.2, 0.25) is 0 Å². The van der Waals surface area contributed by atoms with Crippen LogP contribution in [0.3, 0.4) is 0 Å². The van der Waals surface area contributed by atoms with Crippen LogP contribution in [0, 0.1) is 13.8 Å². The van der Waals surface area contributed by atoms with Gasteiger partial charge in [0.05, 0.1) is 9.48 Å². The van der Waals surface area contributed by atoms with E-state index in [9.17, 15) is 0 Å². The molecule has 2 aromatic heterocycles. The van der Waals surface area contributed by atoms with E-state index in [2.05, 4.69) is 39.5 Å². The summed E-state index contributed by atoms with van der Waals surface area (Å²) in [5.41, 5.74) is 2.33. The van der Waals surface area contributed by atoms with Gasteiger partial charge in [0.25, 0.3) is 0 Å². The maximum atomic E-state index is 4.45. The summed E-state index contributed by atoms with van der Waals surface area (Å²) in [6, 6.07) is 0. The van der Waals surface area contributed by atoms with Gasteiger partial charge >= 0.3 is 0 Å². The van der Waals surface area contributed by atoms with Crippen molar-refractivity contribution in [1.29, 1.82) is 0 Å². The first-order chi connectivity index (χ1) is 5.61. The third-order valence-electron chi connectivity index (χ3n) is 2.05. The van der Waals surface area contributed by atoms with Gasteiger partial charge in [-0.05, 0) is 29.8 Å². The highest BCUT2D eigenvalue weighted by Crippen LogP contribution is 2.32. The second-order valence-electron chi connectivity index (χ2n) is 2.85. The van der Waals surface area contributed by atoms with Gasteiger partial charge in [-0.25, -0.2) is 4.98 Å². The van der Waals surface area contributed by atoms with Crippen molar-refractivity contribution in [3.63, 3.8) is 0 Å². The number of rotatable bonds is 0. The minimum Gasteiger partial charge on any atom is -0.337 e. The molecule has 0 aliphatic rings. The van der Waals surface area contributed by atoms with E-state index in [1.54, 1.807) is 11.3 Å². The summed E-state index contributed by atoms with van der Waals surface area (Å²) in [7, 11) is 2.07. The van der Waals surface area contributed by atoms with Crippen LogP contribution in [0.15, 0.2) is 4.47 Å². The number of hydrogen-bond donors (Lipinski definition) is 0. The molecule has 0 saturated heterocycles. The zero-order valence-corrected chi connectivity index (χ0v) is 9.58. The van der Waals surface area contributed by atoms with E-state index in [1.807, 2.05) is 6.92 Å². The molecule has 4 heteroatoms. The minimum absolute atomic E-state index is 1.09. The van der Waals surface area contributed by atoms with E-state index in [4.69, 9.17) is 0 Å². The SMILES string of the molecule is Cc1nc2c(Br)c(C)n(C)c2s1. The molecule has 2 rings (SSSR count). The number of aryl methyl sites for hydroxylation is 2. The molecule has 0 aliphatic heterocycles. The van der Waals surface area contributed by atoms with Crippen molar-refractivity contribution in [1.82, 2.24) is 9.55 Å². The lowest BCUT2D eigenvalue weighted by molar-refractivity contribution is 0.921. The standard InChI is InChI=1S/C8H9BrN2S/c1-4-6(9)7-8(11(4)3)12-5(2)10-7/h1-3H3. The molecule has 0 aromatic carbocycles. The third kappa shape index (κ3) is 0.944. The summed E-state index contributed by atoms with van der Waals surface area (Å²) >= 11 is 5.27. The number of halogens is 1. The molecule has 64 valence electrons. The predicted octanol–water partition coefficient (Wildman–Crippen LogP) is 3.01. The maximum absolute atomic E-state index is 4.45. The predicted molar refractivity (Wildman–Crippen MR) is 55.8 cm³/mol. The molecule has 0 aliphatic carbocycles. The van der Waals surface area contributed by atoms with Crippen molar-refractivity contribution < 1.29 is 0 Å². The number of fused-ring (bicyclic) bond motifs is 1. The zero-order chi connectivity index (χ0) is 8.88. The van der Waals surface area contributed by atoms with E-state index in [0.717, 1.165) is 15.0 Å². The summed E-state index contributed by atoms with van der Waals surface area (Å²) < 4.78 is 3.30. The quantitative estimate of drug-likeness (QED) is 0.697. The summed E-state index contributed by atoms with van der Waals surface area (Å²) in [6.45, 7) is 4.13. The molecule has 0 saturated carbocycles. The van der Waals surface area contributed by atoms with Crippen LogP contribution in [0.5, 0.6) is 0 Å². The number of thiazole rings is 1. The number of aromatic nitrogens is 2. The summed E-state index contributed by atoms with van der Waals surface area (Å²) in [5.74, 6) is 0. The third-order valence-corrected chi connectivity index (χ3v) is 4.05. The van der Waals surface area contributed by atoms with E-state index >= 15 is 0 Å². The molecule has 0 spiro atoms. The molecule has 2 nitrogen and oxygen atoms in total. The molecule has 12 heavy (non-hydrogen) atoms. The van der Waals surface area contributed by atoms with Gasteiger partial charge in [-0.3, -0.25) is 0 Å². The van der Waals surface area contributed by atoms with Gasteiger partial charge in [-0.2, -0.15) is 0 Å². The van der Waals surface area contributed by atoms with Crippen molar-refractivity contribution in [2.24, 2.45) is 7.05 Å². The van der Waals surface area contributed by atoms with Crippen LogP contribution in [0.2, 0.25) is 0 Å². The zero-order valence-electron chi connectivity index (χ0n) is 7.18. The van der Waals surface area contributed by atoms with E-state index in [0.29, 0.717) is 0 Å². The topological polar surface area (TPSA) is 17.8 Å². The molecule has 0 fully saturated rings. The Balaban J connectivity index is 2.95. The number of nitrogens with zero attached hydrogens (tertiary/aromatic N) is 2. The Hall–Kier alpha value is -0.350. The van der Waals surface area contributed by atoms with Gasteiger partial charge in [0.15, 0.2) is 0 Å². The minimum atomic E-state index is 1.09. The van der Waals surface area contributed by atoms with E-state index in [-0.39, 0.29) is 0 Å². The largest absolute Gasteiger partial charge is 0.337 e. The molecule has 0 atom stereocenters. The van der Waals surface area contributed by atoms with Gasteiger partial charge in [0, 0.05) is 12.7 Å². The lowest BCUT2D eigenvalue weighted by Crippen LogP contribution is -1.87. The fourth-order valence-electron chi connectivity index (χ4n) is 1.26. The highest BCUT2D eigenvalue weighted by Gasteiger charge is 2.12. The highest BCUT2D eigenvalue weighted by atomic mass is 79.9. The van der Waals surface area contributed by atoms with Gasteiger partial charge in [-0.1, -0.05) is 0 Å². The van der Waals surface area contributed by atoms with Crippen molar-refractivity contribution in [3.05, 3.63) is 15.2 Å². The van der Waals surface area contributed by atoms with Gasteiger partial charge in [0.1, 0.15) is 10.3 Å². The maximum Gasteiger partial charge on any atom is 0.124 e. The van der Waals surface area contributed by atoms with Crippen LogP contribution in [0.25, 0.3) is 10.3 Å². The van der Waals surface area contributed by atoms with Crippen molar-refractivity contribution >= 4 is 37.6 Å². The Morgan fingerprint density at radius 3 is 2.67 bits per heavy atom. The Kier molecular flexibility index (Phi) is 1.77. The highest BCUT2D eigenvalue weighted by molar-refractivity contribution is 9.10. The monoisotopic (exact) mass is 244 g/mol. The Morgan fingerprint density at radius 2 is 2.08 bits per heavy atom. The Morgan fingerprint density at radius 1 is 1.42 bits per heavy atom. The van der Waals surface area contributed by atoms with E-state index < -0.39 is 0 Å². The van der Waals surface area contributed by atoms with Gasteiger partial charge < -0.3 is 4.57 Å². The van der Waals surface area contributed by atoms with Crippen molar-refractivity contribution in [3.8, 4) is 0 Å². The lowest BCUT2D eigenvalue weighted by Gasteiger charge is -1.94. The molecule has 0 amide bonds. The lowest BCUT2D eigenvalue weighted by atomic mass is 10.5. The molecule has 0 N–H and O–H groups in total. The first-order valence-electron chi connectivity index (χ1n) is 3.69. The van der Waals surface area contributed by atoms with Crippen LogP contribution < -0.4 is 0 Å². The van der Waals surface area contributed by atoms with Crippen molar-refractivity contribution in [2.75, 3.05) is 0 Å². The fraction of sp³-hybridized carbons (Fsp3) is 0.375. The second kappa shape index (κ2) is 2.57. The summed E-state index contributed by atoms with van der Waals surface area (Å²) in [5, 5.41) is 1.12. The first kappa shape index (κ1) is 8.26. The Labute approximate surface area is 83.4 Å². The van der Waals surface area contributed by atoms with Crippen molar-refractivity contribution in [2.45, 2.75) is 13.8 Å². The summed E-state index contributed by atoms with van der Waals surface area (Å²) in [6.07, 6.45) is 0. The average Bonchev–Trinajstić information content (AvgIpc) is 2.49. The molecule has 2 aromatic rings. The van der Waals surface area contributed by atoms with Crippen LogP contribution >= 0.6 is 27.3 Å². The van der Waals surface area contributed by atoms with E-state index in [1.165, 1.54) is 10.5 Å². The molecule has 2 heterocycles.